The monoisotopic (exact) mass is 304 g/mol. The Kier molecular flexibility index (Phi) is 4.37. The second-order valence-electron chi connectivity index (χ2n) is 4.79. The number of aliphatic carboxylic acids is 1. The highest BCUT2D eigenvalue weighted by Crippen LogP contribution is 2.22. The molecule has 5 nitrogen and oxygen atoms in total. The summed E-state index contributed by atoms with van der Waals surface area (Å²) in [7, 11) is 0. The lowest BCUT2D eigenvalue weighted by molar-refractivity contribution is -0.136. The number of aryl methyl sites for hydroxylation is 2. The number of nitrogens with one attached hydrogen (secondary N) is 1. The molecule has 21 heavy (non-hydrogen) atoms. The second kappa shape index (κ2) is 6.05. The van der Waals surface area contributed by atoms with Gasteiger partial charge in [-0.15, -0.1) is 11.3 Å². The van der Waals surface area contributed by atoms with Crippen molar-refractivity contribution >= 4 is 29.5 Å². The summed E-state index contributed by atoms with van der Waals surface area (Å²) in [5.74, 6) is -0.618. The molecule has 0 atom stereocenters. The molecule has 0 fully saturated rings. The van der Waals surface area contributed by atoms with Crippen LogP contribution in [0.4, 0.5) is 0 Å². The third-order valence-corrected chi connectivity index (χ3v) is 4.34. The first-order chi connectivity index (χ1) is 9.88. The van der Waals surface area contributed by atoms with E-state index in [4.69, 9.17) is 5.11 Å². The summed E-state index contributed by atoms with van der Waals surface area (Å²) in [5.41, 5.74) is 2.54. The molecule has 0 spiro atoms. The van der Waals surface area contributed by atoms with Crippen LogP contribution in [-0.4, -0.2) is 21.0 Å². The smallest absolute Gasteiger partial charge is 0.308 e. The van der Waals surface area contributed by atoms with Crippen LogP contribution in [0.3, 0.4) is 0 Å². The highest BCUT2D eigenvalue weighted by molar-refractivity contribution is 7.10. The van der Waals surface area contributed by atoms with Crippen LogP contribution in [0.25, 0.3) is 12.2 Å². The Labute approximate surface area is 126 Å². The number of nitrogens with zero attached hydrogens (tertiary/aromatic N) is 1. The first-order valence-corrected chi connectivity index (χ1v) is 7.31. The maximum absolute atomic E-state index is 11.9. The third-order valence-electron chi connectivity index (χ3n) is 3.31. The van der Waals surface area contributed by atoms with Crippen LogP contribution in [0.1, 0.15) is 33.1 Å². The van der Waals surface area contributed by atoms with Gasteiger partial charge in [0, 0.05) is 16.1 Å². The SMILES string of the molecule is Cc1nc(/C=C/c2csc(C)c2C)[nH]c(=O)c1CC(=O)O. The summed E-state index contributed by atoms with van der Waals surface area (Å²) >= 11 is 1.67. The Morgan fingerprint density at radius 1 is 1.38 bits per heavy atom. The van der Waals surface area contributed by atoms with Crippen LogP contribution in [0.5, 0.6) is 0 Å². The number of carboxylic acid groups (broad SMARTS) is 1. The number of carboxylic acids is 1. The van der Waals surface area contributed by atoms with Gasteiger partial charge in [0.2, 0.25) is 0 Å². The van der Waals surface area contributed by atoms with Crippen LogP contribution in [0.15, 0.2) is 10.2 Å². The van der Waals surface area contributed by atoms with E-state index in [0.717, 1.165) is 5.56 Å². The van der Waals surface area contributed by atoms with Crippen molar-refractivity contribution in [1.29, 1.82) is 0 Å². The van der Waals surface area contributed by atoms with E-state index in [1.54, 1.807) is 24.3 Å². The molecule has 0 radical (unpaired) electrons. The van der Waals surface area contributed by atoms with Crippen LogP contribution in [0.2, 0.25) is 0 Å². The zero-order valence-electron chi connectivity index (χ0n) is 12.1. The van der Waals surface area contributed by atoms with Gasteiger partial charge in [-0.1, -0.05) is 6.08 Å². The largest absolute Gasteiger partial charge is 0.481 e. The van der Waals surface area contributed by atoms with E-state index in [9.17, 15) is 9.59 Å². The predicted molar refractivity (Wildman–Crippen MR) is 83.7 cm³/mol. The fourth-order valence-corrected chi connectivity index (χ4v) is 2.79. The van der Waals surface area contributed by atoms with E-state index >= 15 is 0 Å². The molecule has 0 saturated heterocycles. The van der Waals surface area contributed by atoms with E-state index in [0.29, 0.717) is 11.5 Å². The molecule has 110 valence electrons. The summed E-state index contributed by atoms with van der Waals surface area (Å²) in [4.78, 5) is 30.7. The van der Waals surface area contributed by atoms with Crippen molar-refractivity contribution in [2.75, 3.05) is 0 Å². The van der Waals surface area contributed by atoms with Gasteiger partial charge in [0.1, 0.15) is 5.82 Å². The van der Waals surface area contributed by atoms with Crippen LogP contribution in [0, 0.1) is 20.8 Å². The zero-order valence-corrected chi connectivity index (χ0v) is 12.9. The van der Waals surface area contributed by atoms with Gasteiger partial charge in [0.25, 0.3) is 5.56 Å². The van der Waals surface area contributed by atoms with E-state index in [2.05, 4.69) is 16.9 Å². The molecular formula is C15H16N2O3S. The number of thiophene rings is 1. The lowest BCUT2D eigenvalue weighted by Gasteiger charge is -2.02. The molecule has 0 unspecified atom stereocenters. The molecule has 2 aromatic rings. The summed E-state index contributed by atoms with van der Waals surface area (Å²) in [5, 5.41) is 10.8. The van der Waals surface area contributed by atoms with E-state index in [1.165, 1.54) is 10.4 Å². The molecule has 2 heterocycles. The minimum absolute atomic E-state index is 0.196. The molecule has 0 aromatic carbocycles. The van der Waals surface area contributed by atoms with Gasteiger partial charge < -0.3 is 10.1 Å². The molecule has 0 amide bonds. The van der Waals surface area contributed by atoms with Crippen molar-refractivity contribution in [1.82, 2.24) is 9.97 Å². The molecule has 0 aliphatic rings. The topological polar surface area (TPSA) is 83.0 Å². The third kappa shape index (κ3) is 3.46. The van der Waals surface area contributed by atoms with Crippen molar-refractivity contribution in [3.8, 4) is 0 Å². The van der Waals surface area contributed by atoms with Crippen LogP contribution in [-0.2, 0) is 11.2 Å². The van der Waals surface area contributed by atoms with Crippen molar-refractivity contribution < 1.29 is 9.90 Å². The average molecular weight is 304 g/mol. The van der Waals surface area contributed by atoms with Crippen LogP contribution >= 0.6 is 11.3 Å². The molecule has 0 aliphatic carbocycles. The molecule has 0 bridgehead atoms. The standard InChI is InChI=1S/C15H16N2O3S/c1-8-10(3)21-7-11(8)4-5-13-16-9(2)12(6-14(18)19)15(20)17-13/h4-5,7H,6H2,1-3H3,(H,18,19)(H,16,17,20)/b5-4+. The van der Waals surface area contributed by atoms with E-state index in [-0.39, 0.29) is 12.0 Å². The van der Waals surface area contributed by atoms with Crippen LogP contribution < -0.4 is 5.56 Å². The van der Waals surface area contributed by atoms with Gasteiger partial charge in [0.05, 0.1) is 6.42 Å². The number of rotatable bonds is 4. The molecular weight excluding hydrogens is 288 g/mol. The zero-order chi connectivity index (χ0) is 15.6. The maximum Gasteiger partial charge on any atom is 0.308 e. The van der Waals surface area contributed by atoms with Gasteiger partial charge in [0.15, 0.2) is 0 Å². The Morgan fingerprint density at radius 2 is 2.10 bits per heavy atom. The quantitative estimate of drug-likeness (QED) is 0.909. The molecule has 6 heteroatoms. The fourth-order valence-electron chi connectivity index (χ4n) is 1.94. The van der Waals surface area contributed by atoms with Crippen molar-refractivity contribution in [3.05, 3.63) is 48.8 Å². The minimum atomic E-state index is -1.04. The van der Waals surface area contributed by atoms with Gasteiger partial charge in [-0.05, 0) is 43.4 Å². The molecule has 2 rings (SSSR count). The summed E-state index contributed by atoms with van der Waals surface area (Å²) in [6, 6.07) is 0. The number of hydrogen-bond acceptors (Lipinski definition) is 4. The second-order valence-corrected chi connectivity index (χ2v) is 5.87. The van der Waals surface area contributed by atoms with Gasteiger partial charge in [-0.3, -0.25) is 9.59 Å². The number of H-pyrrole nitrogens is 1. The summed E-state index contributed by atoms with van der Waals surface area (Å²) in [6.45, 7) is 5.75. The Balaban J connectivity index is 2.32. The van der Waals surface area contributed by atoms with Gasteiger partial charge >= 0.3 is 5.97 Å². The van der Waals surface area contributed by atoms with E-state index in [1.807, 2.05) is 18.4 Å². The number of aromatic nitrogens is 2. The normalized spacial score (nSPS) is 11.2. The Bertz CT molecular complexity index is 772. The van der Waals surface area contributed by atoms with Gasteiger partial charge in [-0.25, -0.2) is 4.98 Å². The fraction of sp³-hybridized carbons (Fsp3) is 0.267. The lowest BCUT2D eigenvalue weighted by Crippen LogP contribution is -2.20. The first-order valence-electron chi connectivity index (χ1n) is 6.43. The predicted octanol–water partition coefficient (Wildman–Crippen LogP) is 2.55. The van der Waals surface area contributed by atoms with Gasteiger partial charge in [-0.2, -0.15) is 0 Å². The summed E-state index contributed by atoms with van der Waals surface area (Å²) in [6.07, 6.45) is 3.31. The maximum atomic E-state index is 11.9. The highest BCUT2D eigenvalue weighted by atomic mass is 32.1. The minimum Gasteiger partial charge on any atom is -0.481 e. The van der Waals surface area contributed by atoms with E-state index < -0.39 is 11.5 Å². The molecule has 0 saturated carbocycles. The lowest BCUT2D eigenvalue weighted by atomic mass is 10.1. The number of aromatic amines is 1. The molecule has 2 N–H and O–H groups in total. The first kappa shape index (κ1) is 15.2. The highest BCUT2D eigenvalue weighted by Gasteiger charge is 2.10. The molecule has 0 aliphatic heterocycles. The Hall–Kier alpha value is -2.21. The molecule has 2 aromatic heterocycles. The summed E-state index contributed by atoms with van der Waals surface area (Å²) < 4.78 is 0. The van der Waals surface area contributed by atoms with Crippen molar-refractivity contribution in [2.45, 2.75) is 27.2 Å². The van der Waals surface area contributed by atoms with Crippen molar-refractivity contribution in [3.63, 3.8) is 0 Å². The van der Waals surface area contributed by atoms with Crippen molar-refractivity contribution in [2.24, 2.45) is 0 Å². The average Bonchev–Trinajstić information content (AvgIpc) is 2.72. The Morgan fingerprint density at radius 3 is 2.62 bits per heavy atom. The number of hydrogen-bond donors (Lipinski definition) is 2. The number of carbonyl (C=O) groups is 1.